The van der Waals surface area contributed by atoms with Gasteiger partial charge in [0.15, 0.2) is 0 Å². The number of benzene rings is 2. The molecule has 0 radical (unpaired) electrons. The summed E-state index contributed by atoms with van der Waals surface area (Å²) in [5.74, 6) is 0.403. The second-order valence-electron chi connectivity index (χ2n) is 8.56. The summed E-state index contributed by atoms with van der Waals surface area (Å²) in [6, 6.07) is 12.6. The number of rotatable bonds is 3. The number of hydrogen-bond acceptors (Lipinski definition) is 3. The lowest BCUT2D eigenvalue weighted by atomic mass is 9.81. The summed E-state index contributed by atoms with van der Waals surface area (Å²) in [6.07, 6.45) is 0. The molecule has 2 rings (SSSR count). The summed E-state index contributed by atoms with van der Waals surface area (Å²) in [5.41, 5.74) is 2.59. The molecule has 0 aromatic heterocycles. The highest BCUT2D eigenvalue weighted by Gasteiger charge is 2.26. The molecule has 0 spiro atoms. The Balaban J connectivity index is 2.54. The monoisotopic (exact) mass is 360 g/mol. The molecule has 0 saturated heterocycles. The van der Waals surface area contributed by atoms with Crippen molar-refractivity contribution >= 4 is 10.1 Å². The molecule has 0 atom stereocenters. The van der Waals surface area contributed by atoms with Crippen LogP contribution in [0.1, 0.15) is 58.2 Å². The van der Waals surface area contributed by atoms with E-state index in [0.717, 1.165) is 16.7 Å². The molecule has 25 heavy (non-hydrogen) atoms. The first-order valence-electron chi connectivity index (χ1n) is 8.47. The maximum absolute atomic E-state index is 12.7. The van der Waals surface area contributed by atoms with Crippen LogP contribution in [0.3, 0.4) is 0 Å². The van der Waals surface area contributed by atoms with Crippen LogP contribution in [0.15, 0.2) is 47.4 Å². The van der Waals surface area contributed by atoms with E-state index < -0.39 is 10.1 Å². The SMILES string of the molecule is Cc1ccc(S(=O)(=O)Oc2cc(C(C)(C)C)ccc2C(C)(C)C)cc1. The van der Waals surface area contributed by atoms with E-state index in [1.807, 2.05) is 45.9 Å². The molecule has 3 nitrogen and oxygen atoms in total. The molecule has 0 aliphatic rings. The van der Waals surface area contributed by atoms with E-state index in [2.05, 4.69) is 20.8 Å². The van der Waals surface area contributed by atoms with Crippen LogP contribution in [0.2, 0.25) is 0 Å². The molecule has 0 heterocycles. The van der Waals surface area contributed by atoms with Crippen molar-refractivity contribution in [3.05, 3.63) is 59.2 Å². The van der Waals surface area contributed by atoms with Crippen molar-refractivity contribution in [3.8, 4) is 5.75 Å². The lowest BCUT2D eigenvalue weighted by molar-refractivity contribution is 0.467. The van der Waals surface area contributed by atoms with Crippen molar-refractivity contribution < 1.29 is 12.6 Å². The molecule has 0 saturated carbocycles. The molecule has 2 aromatic carbocycles. The zero-order valence-electron chi connectivity index (χ0n) is 16.2. The Morgan fingerprint density at radius 3 is 1.84 bits per heavy atom. The maximum atomic E-state index is 12.7. The van der Waals surface area contributed by atoms with Gasteiger partial charge in [-0.25, -0.2) is 0 Å². The van der Waals surface area contributed by atoms with Crippen molar-refractivity contribution in [3.63, 3.8) is 0 Å². The van der Waals surface area contributed by atoms with Crippen LogP contribution in [0.5, 0.6) is 5.75 Å². The van der Waals surface area contributed by atoms with E-state index in [0.29, 0.717) is 5.75 Å². The average Bonchev–Trinajstić information content (AvgIpc) is 2.45. The van der Waals surface area contributed by atoms with Crippen molar-refractivity contribution in [2.45, 2.75) is 64.2 Å². The molecule has 136 valence electrons. The fraction of sp³-hybridized carbons (Fsp3) is 0.429. The topological polar surface area (TPSA) is 43.4 Å². The quantitative estimate of drug-likeness (QED) is 0.692. The predicted molar refractivity (Wildman–Crippen MR) is 103 cm³/mol. The first-order chi connectivity index (χ1) is 11.3. The second-order valence-corrected chi connectivity index (χ2v) is 10.1. The molecule has 0 bridgehead atoms. The van der Waals surface area contributed by atoms with Gasteiger partial charge in [-0.15, -0.1) is 0 Å². The van der Waals surface area contributed by atoms with Crippen LogP contribution in [0.25, 0.3) is 0 Å². The first-order valence-corrected chi connectivity index (χ1v) is 9.88. The van der Waals surface area contributed by atoms with Gasteiger partial charge < -0.3 is 4.18 Å². The highest BCUT2D eigenvalue weighted by atomic mass is 32.2. The first kappa shape index (κ1) is 19.5. The fourth-order valence-corrected chi connectivity index (χ4v) is 3.49. The van der Waals surface area contributed by atoms with E-state index in [9.17, 15) is 8.42 Å². The summed E-state index contributed by atoms with van der Waals surface area (Å²) >= 11 is 0. The molecule has 4 heteroatoms. The number of hydrogen-bond donors (Lipinski definition) is 0. The van der Waals surface area contributed by atoms with E-state index in [1.54, 1.807) is 24.3 Å². The average molecular weight is 361 g/mol. The summed E-state index contributed by atoms with van der Waals surface area (Å²) < 4.78 is 31.1. The van der Waals surface area contributed by atoms with Crippen molar-refractivity contribution in [2.75, 3.05) is 0 Å². The molecule has 0 N–H and O–H groups in total. The zero-order chi connectivity index (χ0) is 19.0. The van der Waals surface area contributed by atoms with Gasteiger partial charge >= 0.3 is 10.1 Å². The Morgan fingerprint density at radius 2 is 1.36 bits per heavy atom. The van der Waals surface area contributed by atoms with Crippen molar-refractivity contribution in [1.29, 1.82) is 0 Å². The fourth-order valence-electron chi connectivity index (χ4n) is 2.55. The third kappa shape index (κ3) is 4.63. The Bertz CT molecular complexity index is 849. The molecular formula is C21H28O3S. The summed E-state index contributed by atoms with van der Waals surface area (Å²) in [6.45, 7) is 14.3. The van der Waals surface area contributed by atoms with Gasteiger partial charge in [0.2, 0.25) is 0 Å². The lowest BCUT2D eigenvalue weighted by Gasteiger charge is -2.26. The third-order valence-corrected chi connectivity index (χ3v) is 5.41. The Hall–Kier alpha value is -1.81. The van der Waals surface area contributed by atoms with Gasteiger partial charge in [-0.3, -0.25) is 0 Å². The smallest absolute Gasteiger partial charge is 0.339 e. The van der Waals surface area contributed by atoms with Crippen molar-refractivity contribution in [2.24, 2.45) is 0 Å². The summed E-state index contributed by atoms with van der Waals surface area (Å²) in [4.78, 5) is 0.166. The lowest BCUT2D eigenvalue weighted by Crippen LogP contribution is -2.19. The minimum Gasteiger partial charge on any atom is -0.379 e. The van der Waals surface area contributed by atoms with E-state index in [-0.39, 0.29) is 15.7 Å². The standard InChI is InChI=1S/C21H28O3S/c1-15-8-11-17(12-9-15)25(22,23)24-19-14-16(20(2,3)4)10-13-18(19)21(5,6)7/h8-14H,1-7H3. The van der Waals surface area contributed by atoms with E-state index >= 15 is 0 Å². The Kier molecular flexibility index (Phi) is 5.06. The minimum absolute atomic E-state index is 0.0951. The molecule has 2 aromatic rings. The normalized spacial score (nSPS) is 12.9. The van der Waals surface area contributed by atoms with Crippen LogP contribution in [-0.4, -0.2) is 8.42 Å². The van der Waals surface area contributed by atoms with Gasteiger partial charge in [0.1, 0.15) is 10.6 Å². The second kappa shape index (κ2) is 6.49. The largest absolute Gasteiger partial charge is 0.379 e. The van der Waals surface area contributed by atoms with Crippen LogP contribution >= 0.6 is 0 Å². The molecule has 0 aliphatic heterocycles. The zero-order valence-corrected chi connectivity index (χ0v) is 17.0. The molecule has 0 amide bonds. The molecule has 0 fully saturated rings. The van der Waals surface area contributed by atoms with Crippen molar-refractivity contribution in [1.82, 2.24) is 0 Å². The van der Waals surface area contributed by atoms with Crippen LogP contribution in [0, 0.1) is 6.92 Å². The summed E-state index contributed by atoms with van der Waals surface area (Å²) in [5, 5.41) is 0. The van der Waals surface area contributed by atoms with Gasteiger partial charge in [-0.2, -0.15) is 8.42 Å². The van der Waals surface area contributed by atoms with E-state index in [1.165, 1.54) is 0 Å². The minimum atomic E-state index is -3.88. The highest BCUT2D eigenvalue weighted by Crippen LogP contribution is 2.36. The van der Waals surface area contributed by atoms with Gasteiger partial charge in [-0.1, -0.05) is 71.4 Å². The predicted octanol–water partition coefficient (Wildman–Crippen LogP) is 5.36. The molecule has 0 aliphatic carbocycles. The third-order valence-electron chi connectivity index (χ3n) is 4.16. The molecule has 0 unspecified atom stereocenters. The number of aryl methyl sites for hydroxylation is 1. The Labute approximate surface area is 152 Å². The Morgan fingerprint density at radius 1 is 0.800 bits per heavy atom. The van der Waals surface area contributed by atoms with Gasteiger partial charge in [0.25, 0.3) is 0 Å². The van der Waals surface area contributed by atoms with Gasteiger partial charge in [0.05, 0.1) is 0 Å². The van der Waals surface area contributed by atoms with Gasteiger partial charge in [0, 0.05) is 5.56 Å². The summed E-state index contributed by atoms with van der Waals surface area (Å²) in [7, 11) is -3.88. The van der Waals surface area contributed by atoms with E-state index in [4.69, 9.17) is 4.18 Å². The van der Waals surface area contributed by atoms with Crippen LogP contribution in [0.4, 0.5) is 0 Å². The maximum Gasteiger partial charge on any atom is 0.339 e. The van der Waals surface area contributed by atoms with Gasteiger partial charge in [-0.05, 0) is 41.5 Å². The highest BCUT2D eigenvalue weighted by molar-refractivity contribution is 7.87. The molecular weight excluding hydrogens is 332 g/mol. The van der Waals surface area contributed by atoms with Crippen LogP contribution < -0.4 is 4.18 Å². The van der Waals surface area contributed by atoms with Crippen LogP contribution in [-0.2, 0) is 20.9 Å².